The van der Waals surface area contributed by atoms with Crippen LogP contribution in [0.2, 0.25) is 0 Å². The molecule has 2 N–H and O–H groups in total. The first kappa shape index (κ1) is 27.9. The molecule has 1 aliphatic rings. The van der Waals surface area contributed by atoms with Crippen LogP contribution in [0.1, 0.15) is 58.6 Å². The third-order valence-corrected chi connectivity index (χ3v) is 6.19. The molecule has 7 nitrogen and oxygen atoms in total. The molecule has 4 rings (SSSR count). The Morgan fingerprint density at radius 1 is 1.22 bits per heavy atom. The third-order valence-electron chi connectivity index (χ3n) is 6.19. The van der Waals surface area contributed by atoms with Gasteiger partial charge in [0, 0.05) is 17.5 Å². The number of nitriles is 1. The Labute approximate surface area is 214 Å². The topological polar surface area (TPSA) is 93.5 Å². The van der Waals surface area contributed by atoms with E-state index in [9.17, 15) is 23.2 Å². The smallest absolute Gasteiger partial charge is 0.429 e. The minimum Gasteiger partial charge on any atom is -0.494 e. The standard InChI is InChI=1S/C25H25F3N4O3.C2H6/c1-3-34-19-11-12-20-21(14-29)23(31(22(20)13-19)17-5-4-6-17)16-7-9-18(10-8-16)32(30)24(33)35-15(2)25(26,27)28;1-2/h7-13,15,17H,3-6,30H2,1-2H3;1-2H3/t15-;/m1./s1. The van der Waals surface area contributed by atoms with E-state index < -0.39 is 18.4 Å². The number of benzene rings is 2. The van der Waals surface area contributed by atoms with E-state index in [4.69, 9.17) is 10.6 Å². The van der Waals surface area contributed by atoms with E-state index in [1.54, 1.807) is 12.1 Å². The van der Waals surface area contributed by atoms with Gasteiger partial charge in [-0.3, -0.25) is 0 Å². The summed E-state index contributed by atoms with van der Waals surface area (Å²) >= 11 is 0. The molecule has 2 aromatic carbocycles. The summed E-state index contributed by atoms with van der Waals surface area (Å²) < 4.78 is 50.4. The van der Waals surface area contributed by atoms with Crippen LogP contribution < -0.4 is 15.6 Å². The molecule has 0 saturated heterocycles. The maximum atomic E-state index is 12.7. The van der Waals surface area contributed by atoms with Crippen LogP contribution in [0.5, 0.6) is 5.75 Å². The summed E-state index contributed by atoms with van der Waals surface area (Å²) in [6.45, 7) is 7.16. The fourth-order valence-corrected chi connectivity index (χ4v) is 4.13. The Bertz CT molecular complexity index is 1280. The predicted octanol–water partition coefficient (Wildman–Crippen LogP) is 7.10. The number of halogens is 3. The monoisotopic (exact) mass is 516 g/mol. The van der Waals surface area contributed by atoms with Gasteiger partial charge in [0.15, 0.2) is 6.10 Å². The van der Waals surface area contributed by atoms with Crippen LogP contribution >= 0.6 is 0 Å². The van der Waals surface area contributed by atoms with Crippen LogP contribution in [0.25, 0.3) is 22.2 Å². The summed E-state index contributed by atoms with van der Waals surface area (Å²) in [4.78, 5) is 12.1. The lowest BCUT2D eigenvalue weighted by Gasteiger charge is -2.30. The molecule has 3 aromatic rings. The number of nitrogens with two attached hydrogens (primary N) is 1. The van der Waals surface area contributed by atoms with E-state index in [2.05, 4.69) is 15.4 Å². The highest BCUT2D eigenvalue weighted by molar-refractivity contribution is 5.96. The molecule has 0 bridgehead atoms. The first-order valence-electron chi connectivity index (χ1n) is 12.3. The molecule has 1 heterocycles. The second-order valence-corrected chi connectivity index (χ2v) is 8.39. The summed E-state index contributed by atoms with van der Waals surface area (Å²) in [6.07, 6.45) is -5.25. The van der Waals surface area contributed by atoms with Gasteiger partial charge >= 0.3 is 12.3 Å². The number of alkyl halides is 3. The molecule has 0 aliphatic heterocycles. The van der Waals surface area contributed by atoms with E-state index in [-0.39, 0.29) is 11.7 Å². The van der Waals surface area contributed by atoms with Crippen molar-refractivity contribution >= 4 is 22.7 Å². The Morgan fingerprint density at radius 3 is 2.38 bits per heavy atom. The predicted molar refractivity (Wildman–Crippen MR) is 136 cm³/mol. The Balaban J connectivity index is 0.00000186. The molecule has 1 saturated carbocycles. The molecule has 1 aliphatic carbocycles. The lowest BCUT2D eigenvalue weighted by molar-refractivity contribution is -0.196. The number of rotatable bonds is 6. The van der Waals surface area contributed by atoms with Gasteiger partial charge < -0.3 is 14.0 Å². The molecule has 0 unspecified atom stereocenters. The van der Waals surface area contributed by atoms with Gasteiger partial charge in [-0.05, 0) is 62.9 Å². The Kier molecular flexibility index (Phi) is 8.71. The number of carbonyl (C=O) groups is 1. The fourth-order valence-electron chi connectivity index (χ4n) is 4.13. The van der Waals surface area contributed by atoms with Crippen molar-refractivity contribution in [3.8, 4) is 23.1 Å². The van der Waals surface area contributed by atoms with Gasteiger partial charge in [-0.1, -0.05) is 26.0 Å². The van der Waals surface area contributed by atoms with Gasteiger partial charge in [-0.25, -0.2) is 15.6 Å². The van der Waals surface area contributed by atoms with E-state index in [0.29, 0.717) is 17.2 Å². The molecule has 1 fully saturated rings. The second kappa shape index (κ2) is 11.6. The molecule has 0 spiro atoms. The van der Waals surface area contributed by atoms with Gasteiger partial charge in [0.25, 0.3) is 0 Å². The molecule has 37 heavy (non-hydrogen) atoms. The van der Waals surface area contributed by atoms with Crippen LogP contribution in [-0.4, -0.2) is 29.5 Å². The van der Waals surface area contributed by atoms with Crippen LogP contribution in [-0.2, 0) is 4.74 Å². The number of anilines is 1. The maximum absolute atomic E-state index is 12.7. The molecular formula is C27H31F3N4O3. The minimum absolute atomic E-state index is 0.150. The quantitative estimate of drug-likeness (QED) is 0.214. The molecule has 1 atom stereocenters. The molecular weight excluding hydrogens is 485 g/mol. The number of nitrogens with zero attached hydrogens (tertiary/aromatic N) is 3. The first-order valence-corrected chi connectivity index (χ1v) is 12.3. The van der Waals surface area contributed by atoms with Crippen LogP contribution in [0, 0.1) is 11.3 Å². The van der Waals surface area contributed by atoms with Crippen molar-refractivity contribution in [2.75, 3.05) is 11.6 Å². The summed E-state index contributed by atoms with van der Waals surface area (Å²) in [5, 5.41) is 11.4. The highest BCUT2D eigenvalue weighted by atomic mass is 19.4. The zero-order chi connectivity index (χ0) is 27.3. The van der Waals surface area contributed by atoms with Crippen LogP contribution in [0.4, 0.5) is 23.7 Å². The summed E-state index contributed by atoms with van der Waals surface area (Å²) in [5.41, 5.74) is 3.03. The molecule has 1 amide bonds. The maximum Gasteiger partial charge on any atom is 0.429 e. The first-order chi connectivity index (χ1) is 17.7. The highest BCUT2D eigenvalue weighted by Crippen LogP contribution is 2.43. The van der Waals surface area contributed by atoms with Crippen molar-refractivity contribution in [3.05, 3.63) is 48.0 Å². The number of fused-ring (bicyclic) bond motifs is 1. The fraction of sp³-hybridized carbons (Fsp3) is 0.407. The van der Waals surface area contributed by atoms with Crippen LogP contribution in [0.15, 0.2) is 42.5 Å². The molecule has 1 aromatic heterocycles. The van der Waals surface area contributed by atoms with Crippen molar-refractivity contribution in [3.63, 3.8) is 0 Å². The second-order valence-electron chi connectivity index (χ2n) is 8.39. The highest BCUT2D eigenvalue weighted by Gasteiger charge is 2.40. The third kappa shape index (κ3) is 5.67. The lowest BCUT2D eigenvalue weighted by atomic mass is 9.92. The number of hydrogen-bond donors (Lipinski definition) is 1. The number of aromatic nitrogens is 1. The van der Waals surface area contributed by atoms with Gasteiger partial charge in [-0.15, -0.1) is 0 Å². The molecule has 0 radical (unpaired) electrons. The van der Waals surface area contributed by atoms with Gasteiger partial charge in [0.05, 0.1) is 29.1 Å². The average molecular weight is 517 g/mol. The van der Waals surface area contributed by atoms with E-state index in [0.717, 1.165) is 54.1 Å². The zero-order valence-electron chi connectivity index (χ0n) is 21.3. The van der Waals surface area contributed by atoms with Crippen LogP contribution in [0.3, 0.4) is 0 Å². The summed E-state index contributed by atoms with van der Waals surface area (Å²) in [7, 11) is 0. The van der Waals surface area contributed by atoms with Crippen molar-refractivity contribution in [1.82, 2.24) is 4.57 Å². The number of carbonyl (C=O) groups excluding carboxylic acids is 1. The van der Waals surface area contributed by atoms with E-state index >= 15 is 0 Å². The number of amides is 1. The summed E-state index contributed by atoms with van der Waals surface area (Å²) in [5.74, 6) is 6.43. The van der Waals surface area contributed by atoms with Crippen molar-refractivity contribution in [2.24, 2.45) is 5.84 Å². The Morgan fingerprint density at radius 2 is 1.86 bits per heavy atom. The molecule has 10 heteroatoms. The SMILES string of the molecule is CC.CCOc1ccc2c(C#N)c(-c3ccc(N(N)C(=O)O[C@H](C)C(F)(F)F)cc3)n(C3CCC3)c2c1. The number of hydrazine groups is 1. The Hall–Kier alpha value is -3.71. The minimum atomic E-state index is -4.69. The summed E-state index contributed by atoms with van der Waals surface area (Å²) in [6, 6.07) is 14.6. The van der Waals surface area contributed by atoms with Crippen molar-refractivity contribution in [2.45, 2.75) is 65.3 Å². The number of ether oxygens (including phenoxy) is 2. The van der Waals surface area contributed by atoms with Crippen molar-refractivity contribution < 1.29 is 27.4 Å². The van der Waals surface area contributed by atoms with Gasteiger partial charge in [0.1, 0.15) is 11.8 Å². The zero-order valence-corrected chi connectivity index (χ0v) is 21.3. The van der Waals surface area contributed by atoms with E-state index in [1.807, 2.05) is 39.0 Å². The number of hydrogen-bond acceptors (Lipinski definition) is 5. The molecule has 198 valence electrons. The van der Waals surface area contributed by atoms with Gasteiger partial charge in [-0.2, -0.15) is 18.4 Å². The van der Waals surface area contributed by atoms with Crippen molar-refractivity contribution in [1.29, 1.82) is 5.26 Å². The lowest BCUT2D eigenvalue weighted by Crippen LogP contribution is -2.42. The van der Waals surface area contributed by atoms with E-state index in [1.165, 1.54) is 12.1 Å². The largest absolute Gasteiger partial charge is 0.494 e. The average Bonchev–Trinajstić information content (AvgIpc) is 3.16. The normalized spacial score (nSPS) is 14.1. The van der Waals surface area contributed by atoms with Gasteiger partial charge in [0.2, 0.25) is 0 Å².